The third-order valence-corrected chi connectivity index (χ3v) is 7.35. The van der Waals surface area contributed by atoms with Crippen LogP contribution in [0.2, 0.25) is 5.02 Å². The molecule has 0 bridgehead atoms. The number of carbonyl (C=O) groups is 2. The average molecular weight is 513 g/mol. The highest BCUT2D eigenvalue weighted by molar-refractivity contribution is 7.07. The molecule has 1 fully saturated rings. The van der Waals surface area contributed by atoms with Crippen LogP contribution in [0.5, 0.6) is 0 Å². The van der Waals surface area contributed by atoms with Crippen LogP contribution in [0, 0.1) is 0 Å². The fraction of sp³-hybridized carbons (Fsp3) is 0.320. The van der Waals surface area contributed by atoms with Gasteiger partial charge in [-0.05, 0) is 29.8 Å². The minimum atomic E-state index is -0.779. The number of aromatic nitrogens is 1. The van der Waals surface area contributed by atoms with Gasteiger partial charge in [0, 0.05) is 68.6 Å². The summed E-state index contributed by atoms with van der Waals surface area (Å²) in [6.45, 7) is 3.54. The van der Waals surface area contributed by atoms with E-state index in [9.17, 15) is 9.59 Å². The lowest BCUT2D eigenvalue weighted by atomic mass is 10.1. The summed E-state index contributed by atoms with van der Waals surface area (Å²) >= 11 is 7.56. The van der Waals surface area contributed by atoms with Crippen molar-refractivity contribution >= 4 is 40.6 Å². The Balaban J connectivity index is 1.40. The molecular weight excluding hydrogens is 484 g/mol. The van der Waals surface area contributed by atoms with Gasteiger partial charge < -0.3 is 20.1 Å². The largest absolute Gasteiger partial charge is 0.338 e. The van der Waals surface area contributed by atoms with Crippen LogP contribution in [0.15, 0.2) is 65.0 Å². The molecule has 2 N–H and O–H groups in total. The first-order valence-corrected chi connectivity index (χ1v) is 12.7. The minimum Gasteiger partial charge on any atom is -0.338 e. The molecule has 3 aromatic rings. The Labute approximate surface area is 213 Å². The molecule has 2 heterocycles. The summed E-state index contributed by atoms with van der Waals surface area (Å²) in [7, 11) is 3.83. The second kappa shape index (κ2) is 11.5. The Morgan fingerprint density at radius 2 is 1.74 bits per heavy atom. The maximum absolute atomic E-state index is 13.5. The number of nitrogens with one attached hydrogen (secondary N) is 2. The Morgan fingerprint density at radius 1 is 1.06 bits per heavy atom. The molecule has 35 heavy (non-hydrogen) atoms. The summed E-state index contributed by atoms with van der Waals surface area (Å²) in [5.41, 5.74) is 2.55. The number of amides is 3. The summed E-state index contributed by atoms with van der Waals surface area (Å²) in [4.78, 5) is 35.7. The van der Waals surface area contributed by atoms with Gasteiger partial charge in [-0.15, -0.1) is 11.3 Å². The highest BCUT2D eigenvalue weighted by Gasteiger charge is 2.30. The predicted octanol–water partition coefficient (Wildman–Crippen LogP) is 3.48. The van der Waals surface area contributed by atoms with Gasteiger partial charge in [0.05, 0.1) is 0 Å². The number of thiazole rings is 1. The molecule has 2 aromatic carbocycles. The van der Waals surface area contributed by atoms with E-state index in [4.69, 9.17) is 11.6 Å². The normalized spacial score (nSPS) is 15.6. The van der Waals surface area contributed by atoms with E-state index in [0.29, 0.717) is 23.8 Å². The van der Waals surface area contributed by atoms with Crippen LogP contribution < -0.4 is 15.4 Å². The number of piperazine rings is 1. The van der Waals surface area contributed by atoms with Crippen LogP contribution in [0.3, 0.4) is 0 Å². The van der Waals surface area contributed by atoms with Crippen LogP contribution in [0.25, 0.3) is 0 Å². The molecule has 1 aliphatic heterocycles. The van der Waals surface area contributed by atoms with E-state index < -0.39 is 12.1 Å². The van der Waals surface area contributed by atoms with Crippen molar-refractivity contribution in [3.05, 3.63) is 81.1 Å². The minimum absolute atomic E-state index is 0.115. The van der Waals surface area contributed by atoms with Crippen LogP contribution in [-0.4, -0.2) is 59.5 Å². The smallest absolute Gasteiger partial charge is 0.320 e. The van der Waals surface area contributed by atoms with Crippen molar-refractivity contribution in [2.45, 2.75) is 12.6 Å². The highest BCUT2D eigenvalue weighted by Crippen LogP contribution is 2.19. The number of benzene rings is 2. The Hall–Kier alpha value is -3.14. The summed E-state index contributed by atoms with van der Waals surface area (Å²) in [5, 5.41) is 8.36. The molecule has 3 amide bonds. The maximum Gasteiger partial charge on any atom is 0.320 e. The third-order valence-electron chi connectivity index (χ3n) is 6.04. The van der Waals surface area contributed by atoms with Crippen LogP contribution in [0.4, 0.5) is 10.5 Å². The molecule has 10 heteroatoms. The molecule has 4 rings (SSSR count). The lowest BCUT2D eigenvalue weighted by molar-refractivity contribution is -0.135. The molecule has 0 radical (unpaired) electrons. The van der Waals surface area contributed by atoms with E-state index in [-0.39, 0.29) is 5.91 Å². The second-order valence-electron chi connectivity index (χ2n) is 8.34. The summed E-state index contributed by atoms with van der Waals surface area (Å²) < 4.78 is 2.11. The van der Waals surface area contributed by atoms with Gasteiger partial charge in [-0.3, -0.25) is 14.7 Å². The first-order chi connectivity index (χ1) is 16.9. The van der Waals surface area contributed by atoms with Gasteiger partial charge in [-0.2, -0.15) is 0 Å². The lowest BCUT2D eigenvalue weighted by Gasteiger charge is -2.36. The van der Waals surface area contributed by atoms with Gasteiger partial charge in [0.1, 0.15) is 6.04 Å². The molecule has 0 spiro atoms. The summed E-state index contributed by atoms with van der Waals surface area (Å²) in [5.74, 6) is -0.115. The highest BCUT2D eigenvalue weighted by atomic mass is 35.5. The van der Waals surface area contributed by atoms with E-state index in [1.807, 2.05) is 42.3 Å². The zero-order valence-electron chi connectivity index (χ0n) is 19.8. The van der Waals surface area contributed by atoms with Crippen molar-refractivity contribution < 1.29 is 9.59 Å². The second-order valence-corrected chi connectivity index (χ2v) is 9.62. The zero-order valence-corrected chi connectivity index (χ0v) is 21.4. The monoisotopic (exact) mass is 512 g/mol. The first-order valence-electron chi connectivity index (χ1n) is 11.4. The van der Waals surface area contributed by atoms with Crippen molar-refractivity contribution in [2.75, 3.05) is 38.5 Å². The number of hydrogen-bond donors (Lipinski definition) is 2. The molecule has 1 aromatic heterocycles. The van der Waals surface area contributed by atoms with Gasteiger partial charge in [0.2, 0.25) is 5.91 Å². The van der Waals surface area contributed by atoms with Crippen molar-refractivity contribution in [1.82, 2.24) is 19.7 Å². The number of anilines is 1. The predicted molar refractivity (Wildman–Crippen MR) is 139 cm³/mol. The van der Waals surface area contributed by atoms with Crippen LogP contribution >= 0.6 is 22.9 Å². The topological polar surface area (TPSA) is 82.0 Å². The standard InChI is InChI=1S/C25H29ClN6O2S/c1-27-25-30(2)21(17-35-25)16-31-12-14-32(15-13-31)23(33)22(18-6-4-3-5-7-18)29-24(34)28-20-10-8-19(26)9-11-20/h3-11,17,22H,12-16H2,1-2H3,(H2,28,29,34)/t22-/m1/s1. The number of rotatable bonds is 6. The number of nitrogens with zero attached hydrogens (tertiary/aromatic N) is 4. The summed E-state index contributed by atoms with van der Waals surface area (Å²) in [6, 6.07) is 14.9. The maximum atomic E-state index is 13.5. The number of carbonyl (C=O) groups excluding carboxylic acids is 2. The molecule has 0 saturated carbocycles. The van der Waals surface area contributed by atoms with Crippen molar-refractivity contribution in [1.29, 1.82) is 0 Å². The summed E-state index contributed by atoms with van der Waals surface area (Å²) in [6.07, 6.45) is 0. The van der Waals surface area contributed by atoms with Gasteiger partial charge in [0.25, 0.3) is 0 Å². The SMILES string of the molecule is CN=c1scc(CN2CCN(C(=O)[C@H](NC(=O)Nc3ccc(Cl)cc3)c3ccccc3)CC2)n1C. The molecule has 184 valence electrons. The average Bonchev–Trinajstić information content (AvgIpc) is 3.23. The molecule has 1 saturated heterocycles. The molecule has 1 aliphatic rings. The van der Waals surface area contributed by atoms with E-state index in [1.54, 1.807) is 42.6 Å². The fourth-order valence-electron chi connectivity index (χ4n) is 4.05. The third kappa shape index (κ3) is 6.30. The van der Waals surface area contributed by atoms with Crippen molar-refractivity contribution in [3.8, 4) is 0 Å². The lowest BCUT2D eigenvalue weighted by Crippen LogP contribution is -2.52. The zero-order chi connectivity index (χ0) is 24.8. The molecule has 8 nitrogen and oxygen atoms in total. The van der Waals surface area contributed by atoms with E-state index in [2.05, 4.69) is 30.5 Å². The Bertz CT molecular complexity index is 1220. The molecular formula is C25H29ClN6O2S. The van der Waals surface area contributed by atoms with Gasteiger partial charge >= 0.3 is 6.03 Å². The van der Waals surface area contributed by atoms with Crippen LogP contribution in [0.1, 0.15) is 17.3 Å². The fourth-order valence-corrected chi connectivity index (χ4v) is 5.03. The number of urea groups is 1. The molecule has 1 atom stereocenters. The van der Waals surface area contributed by atoms with Crippen molar-refractivity contribution in [2.24, 2.45) is 12.0 Å². The van der Waals surface area contributed by atoms with Crippen molar-refractivity contribution in [3.63, 3.8) is 0 Å². The number of halogens is 1. The van der Waals surface area contributed by atoms with Gasteiger partial charge in [0.15, 0.2) is 4.80 Å². The Kier molecular flexibility index (Phi) is 8.22. The Morgan fingerprint density at radius 3 is 2.37 bits per heavy atom. The number of hydrogen-bond acceptors (Lipinski definition) is 5. The quantitative estimate of drug-likeness (QED) is 0.530. The van der Waals surface area contributed by atoms with Gasteiger partial charge in [-0.25, -0.2) is 4.79 Å². The molecule has 0 aliphatic carbocycles. The van der Waals surface area contributed by atoms with E-state index in [1.165, 1.54) is 5.69 Å². The first kappa shape index (κ1) is 25.0. The van der Waals surface area contributed by atoms with E-state index in [0.717, 1.165) is 30.0 Å². The van der Waals surface area contributed by atoms with Crippen LogP contribution in [-0.2, 0) is 18.4 Å². The van der Waals surface area contributed by atoms with Gasteiger partial charge in [-0.1, -0.05) is 41.9 Å². The molecule has 0 unspecified atom stereocenters. The van der Waals surface area contributed by atoms with E-state index >= 15 is 0 Å².